The highest BCUT2D eigenvalue weighted by Gasteiger charge is 1.98. The van der Waals surface area contributed by atoms with Gasteiger partial charge in [-0.1, -0.05) is 24.3 Å². The van der Waals surface area contributed by atoms with Crippen LogP contribution in [0.5, 0.6) is 0 Å². The van der Waals surface area contributed by atoms with Crippen LogP contribution >= 0.6 is 25.3 Å². The first-order chi connectivity index (χ1) is 11.4. The molecule has 2 rings (SSSR count). The van der Waals surface area contributed by atoms with Gasteiger partial charge >= 0.3 is 11.9 Å². The molecule has 0 heterocycles. The monoisotopic (exact) mass is 364 g/mol. The molecule has 2 aromatic rings. The zero-order valence-electron chi connectivity index (χ0n) is 13.1. The average molecular weight is 364 g/mol. The van der Waals surface area contributed by atoms with Gasteiger partial charge in [-0.3, -0.25) is 9.59 Å². The maximum Gasteiger partial charge on any atom is 0.303 e. The molecule has 0 aromatic heterocycles. The summed E-state index contributed by atoms with van der Waals surface area (Å²) in [5.41, 5.74) is 2.07. The van der Waals surface area contributed by atoms with Crippen LogP contribution in [-0.4, -0.2) is 22.2 Å². The Labute approximate surface area is 152 Å². The lowest BCUT2D eigenvalue weighted by Crippen LogP contribution is -1.96. The van der Waals surface area contributed by atoms with Gasteiger partial charge in [0, 0.05) is 22.6 Å². The van der Waals surface area contributed by atoms with E-state index in [2.05, 4.69) is 25.3 Å². The van der Waals surface area contributed by atoms with E-state index in [1.165, 1.54) is 0 Å². The lowest BCUT2D eigenvalue weighted by molar-refractivity contribution is -0.138. The number of hydrogen-bond donors (Lipinski definition) is 4. The molecule has 0 radical (unpaired) electrons. The van der Waals surface area contributed by atoms with Crippen molar-refractivity contribution in [3.63, 3.8) is 0 Å². The average Bonchev–Trinajstić information content (AvgIpc) is 2.54. The first kappa shape index (κ1) is 20.1. The van der Waals surface area contributed by atoms with Crippen LogP contribution in [0.25, 0.3) is 0 Å². The number of carbonyl (C=O) groups is 2. The molecule has 0 bridgehead atoms. The highest BCUT2D eigenvalue weighted by Crippen LogP contribution is 2.10. The van der Waals surface area contributed by atoms with Crippen LogP contribution in [0, 0.1) is 0 Å². The smallest absolute Gasteiger partial charge is 0.303 e. The third-order valence-corrected chi connectivity index (χ3v) is 3.72. The Kier molecular flexibility index (Phi) is 9.04. The Morgan fingerprint density at radius 2 is 0.958 bits per heavy atom. The topological polar surface area (TPSA) is 74.6 Å². The van der Waals surface area contributed by atoms with Crippen molar-refractivity contribution < 1.29 is 19.8 Å². The van der Waals surface area contributed by atoms with Crippen molar-refractivity contribution in [2.24, 2.45) is 0 Å². The van der Waals surface area contributed by atoms with E-state index in [0.29, 0.717) is 12.8 Å². The van der Waals surface area contributed by atoms with Crippen LogP contribution in [0.3, 0.4) is 0 Å². The molecule has 2 N–H and O–H groups in total. The molecule has 0 aliphatic rings. The van der Waals surface area contributed by atoms with Crippen molar-refractivity contribution >= 4 is 37.2 Å². The van der Waals surface area contributed by atoms with Gasteiger partial charge in [0.05, 0.1) is 0 Å². The second-order valence-corrected chi connectivity index (χ2v) is 6.15. The third kappa shape index (κ3) is 9.27. The van der Waals surface area contributed by atoms with Crippen molar-refractivity contribution in [1.29, 1.82) is 0 Å². The summed E-state index contributed by atoms with van der Waals surface area (Å²) in [6.07, 6.45) is 1.55. The summed E-state index contributed by atoms with van der Waals surface area (Å²) in [6.45, 7) is 0. The Bertz CT molecular complexity index is 592. The molecule has 4 nitrogen and oxygen atoms in total. The van der Waals surface area contributed by atoms with E-state index in [-0.39, 0.29) is 12.8 Å². The molecule has 0 aliphatic carbocycles. The lowest BCUT2D eigenvalue weighted by atomic mass is 10.1. The maximum absolute atomic E-state index is 10.2. The minimum atomic E-state index is -0.759. The largest absolute Gasteiger partial charge is 0.481 e. The van der Waals surface area contributed by atoms with E-state index >= 15 is 0 Å². The molecule has 128 valence electrons. The van der Waals surface area contributed by atoms with E-state index < -0.39 is 11.9 Å². The molecule has 0 unspecified atom stereocenters. The van der Waals surface area contributed by atoms with Crippen LogP contribution in [0.4, 0.5) is 0 Å². The van der Waals surface area contributed by atoms with Gasteiger partial charge in [-0.25, -0.2) is 0 Å². The van der Waals surface area contributed by atoms with Gasteiger partial charge in [0.25, 0.3) is 0 Å². The number of aliphatic carboxylic acids is 2. The first-order valence-corrected chi connectivity index (χ1v) is 8.25. The Balaban J connectivity index is 0.000000240. The summed E-state index contributed by atoms with van der Waals surface area (Å²) in [7, 11) is 0. The minimum Gasteiger partial charge on any atom is -0.481 e. The first-order valence-electron chi connectivity index (χ1n) is 7.36. The number of aryl methyl sites for hydroxylation is 2. The number of carboxylic acid groups (broad SMARTS) is 2. The Morgan fingerprint density at radius 1 is 0.667 bits per heavy atom. The predicted molar refractivity (Wildman–Crippen MR) is 99.3 cm³/mol. The van der Waals surface area contributed by atoms with E-state index in [1.54, 1.807) is 0 Å². The normalized spacial score (nSPS) is 9.75. The molecule has 0 amide bonds. The molecule has 0 atom stereocenters. The quantitative estimate of drug-likeness (QED) is 0.585. The fourth-order valence-electron chi connectivity index (χ4n) is 1.83. The second-order valence-electron chi connectivity index (χ2n) is 5.12. The zero-order valence-corrected chi connectivity index (χ0v) is 14.8. The van der Waals surface area contributed by atoms with Crippen molar-refractivity contribution in [2.75, 3.05) is 0 Å². The molecule has 24 heavy (non-hydrogen) atoms. The fourth-order valence-corrected chi connectivity index (χ4v) is 2.13. The summed E-state index contributed by atoms with van der Waals surface area (Å²) in [6, 6.07) is 15.0. The van der Waals surface area contributed by atoms with Crippen LogP contribution in [0.15, 0.2) is 58.3 Å². The number of carboxylic acids is 2. The van der Waals surface area contributed by atoms with Gasteiger partial charge in [0.1, 0.15) is 0 Å². The SMILES string of the molecule is O=C(O)CCc1ccc(S)cc1.O=C(O)CCc1ccc(S)cc1. The summed E-state index contributed by atoms with van der Waals surface area (Å²) in [5, 5.41) is 16.8. The van der Waals surface area contributed by atoms with E-state index in [9.17, 15) is 9.59 Å². The molecule has 2 aromatic carbocycles. The van der Waals surface area contributed by atoms with Crippen LogP contribution < -0.4 is 0 Å². The van der Waals surface area contributed by atoms with Crippen molar-refractivity contribution in [2.45, 2.75) is 35.5 Å². The van der Waals surface area contributed by atoms with E-state index in [1.807, 2.05) is 48.5 Å². The predicted octanol–water partition coefficient (Wildman–Crippen LogP) is 3.99. The Morgan fingerprint density at radius 3 is 1.21 bits per heavy atom. The van der Waals surface area contributed by atoms with Gasteiger partial charge in [0.2, 0.25) is 0 Å². The summed E-state index contributed by atoms with van der Waals surface area (Å²) < 4.78 is 0. The number of hydrogen-bond acceptors (Lipinski definition) is 4. The fraction of sp³-hybridized carbons (Fsp3) is 0.222. The molecule has 0 fully saturated rings. The maximum atomic E-state index is 10.2. The summed E-state index contributed by atoms with van der Waals surface area (Å²) >= 11 is 8.25. The molecule has 0 saturated carbocycles. The molecule has 0 spiro atoms. The molecule has 0 aliphatic heterocycles. The Hall–Kier alpha value is -1.92. The van der Waals surface area contributed by atoms with Gasteiger partial charge < -0.3 is 10.2 Å². The molecule has 6 heteroatoms. The lowest BCUT2D eigenvalue weighted by Gasteiger charge is -1.97. The number of rotatable bonds is 6. The van der Waals surface area contributed by atoms with Gasteiger partial charge in [-0.2, -0.15) is 0 Å². The van der Waals surface area contributed by atoms with E-state index in [4.69, 9.17) is 10.2 Å². The van der Waals surface area contributed by atoms with Gasteiger partial charge in [0.15, 0.2) is 0 Å². The minimum absolute atomic E-state index is 0.186. The van der Waals surface area contributed by atoms with Gasteiger partial charge in [-0.05, 0) is 48.2 Å². The summed E-state index contributed by atoms with van der Waals surface area (Å²) in [5.74, 6) is -1.52. The zero-order chi connectivity index (χ0) is 17.9. The summed E-state index contributed by atoms with van der Waals surface area (Å²) in [4.78, 5) is 22.2. The molecule has 0 saturated heterocycles. The number of benzene rings is 2. The van der Waals surface area contributed by atoms with Crippen molar-refractivity contribution in [3.8, 4) is 0 Å². The molecular formula is C18H20O4S2. The standard InChI is InChI=1S/2C9H10O2S/c2*10-9(11)6-3-7-1-4-8(12)5-2-7/h2*1-2,4-5,12H,3,6H2,(H,10,11). The van der Waals surface area contributed by atoms with Crippen LogP contribution in [0.1, 0.15) is 24.0 Å². The number of thiol groups is 2. The van der Waals surface area contributed by atoms with Crippen molar-refractivity contribution in [1.82, 2.24) is 0 Å². The van der Waals surface area contributed by atoms with Gasteiger partial charge in [-0.15, -0.1) is 25.3 Å². The highest BCUT2D eigenvalue weighted by molar-refractivity contribution is 7.80. The highest BCUT2D eigenvalue weighted by atomic mass is 32.1. The third-order valence-electron chi connectivity index (χ3n) is 3.13. The molecular weight excluding hydrogens is 344 g/mol. The van der Waals surface area contributed by atoms with Crippen LogP contribution in [-0.2, 0) is 22.4 Å². The van der Waals surface area contributed by atoms with Crippen LogP contribution in [0.2, 0.25) is 0 Å². The van der Waals surface area contributed by atoms with E-state index in [0.717, 1.165) is 20.9 Å². The second kappa shape index (κ2) is 10.8. The van der Waals surface area contributed by atoms with Crippen molar-refractivity contribution in [3.05, 3.63) is 59.7 Å².